The fourth-order valence-corrected chi connectivity index (χ4v) is 19.7. The zero-order valence-electron chi connectivity index (χ0n) is 59.1. The molecule has 0 bridgehead atoms. The van der Waals surface area contributed by atoms with Crippen molar-refractivity contribution in [2.75, 3.05) is 37.7 Å². The third-order valence-electron chi connectivity index (χ3n) is 22.2. The minimum absolute atomic E-state index is 0. The molecule has 12 N–H and O–H groups in total. The van der Waals surface area contributed by atoms with Crippen molar-refractivity contribution in [2.24, 2.45) is 51.1 Å². The number of carbonyl (C=O) groups is 8. The summed E-state index contributed by atoms with van der Waals surface area (Å²) in [5.41, 5.74) is 2.28. The molecule has 96 heavy (non-hydrogen) atoms. The lowest BCUT2D eigenvalue weighted by atomic mass is 9.78. The maximum Gasteiger partial charge on any atom is 0.326 e. The number of fused-ring (bicyclic) bond motifs is 2. The second-order valence-corrected chi connectivity index (χ2v) is 36.3. The molecule has 9 amide bonds. The SMILES string of the molecule is C=CCNC(=O)C(O)[C@@H](N)CCCC.C=CCNC(=O)C(O)[C@H](CCCC)NC(=O)[C@@H]1[C@@H]2[C@H](CN1C(=O)[C@@H](NC(=O)NC1([C@@H]3CCS3(=O)=O)CCCCC1)C(C)(C)C)C2(C)C.CC(C)(C)[C@H](NC(=O)NC1([C@@H]2CCS2(=O)=O)CCCCC1)C(=O)N1C[C@H]2[C@@H]([C@H]1C(=O)O)C2(C)C.Cl. The Morgan fingerprint density at radius 3 is 1.31 bits per heavy atom. The Kier molecular flexibility index (Phi) is 27.6. The number of aliphatic carboxylic acids is 1. The largest absolute Gasteiger partial charge is 0.480 e. The predicted molar refractivity (Wildman–Crippen MR) is 371 cm³/mol. The smallest absolute Gasteiger partial charge is 0.326 e. The van der Waals surface area contributed by atoms with Crippen LogP contribution in [0.25, 0.3) is 0 Å². The number of carbonyl (C=O) groups excluding carboxylic acids is 7. The summed E-state index contributed by atoms with van der Waals surface area (Å²) in [4.78, 5) is 108. The number of urea groups is 2. The Morgan fingerprint density at radius 2 is 0.969 bits per heavy atom. The number of nitrogens with two attached hydrogens (primary N) is 1. The highest BCUT2D eigenvalue weighted by Gasteiger charge is 2.71. The van der Waals surface area contributed by atoms with Crippen LogP contribution in [0.1, 0.15) is 199 Å². The first-order valence-electron chi connectivity index (χ1n) is 34.8. The van der Waals surface area contributed by atoms with Gasteiger partial charge in [0.25, 0.3) is 11.8 Å². The molecule has 25 nitrogen and oxygen atoms in total. The van der Waals surface area contributed by atoms with E-state index in [1.807, 2.05) is 69.2 Å². The molecule has 4 aliphatic carbocycles. The number of carboxylic acid groups (broad SMARTS) is 1. The van der Waals surface area contributed by atoms with Gasteiger partial charge in [0.05, 0.1) is 39.1 Å². The van der Waals surface area contributed by atoms with Crippen LogP contribution in [0.3, 0.4) is 0 Å². The minimum atomic E-state index is -3.28. The van der Waals surface area contributed by atoms with Crippen LogP contribution in [-0.2, 0) is 48.4 Å². The highest BCUT2D eigenvalue weighted by atomic mass is 35.5. The van der Waals surface area contributed by atoms with E-state index in [0.29, 0.717) is 77.4 Å². The molecule has 4 aliphatic heterocycles. The van der Waals surface area contributed by atoms with E-state index in [9.17, 15) is 70.5 Å². The molecule has 8 rings (SSSR count). The van der Waals surface area contributed by atoms with Gasteiger partial charge >= 0.3 is 18.0 Å². The maximum atomic E-state index is 14.4. The van der Waals surface area contributed by atoms with Crippen LogP contribution in [-0.4, -0.2) is 197 Å². The quantitative estimate of drug-likeness (QED) is 0.0526. The van der Waals surface area contributed by atoms with Gasteiger partial charge in [-0.2, -0.15) is 0 Å². The van der Waals surface area contributed by atoms with Crippen molar-refractivity contribution >= 4 is 79.6 Å². The van der Waals surface area contributed by atoms with Crippen molar-refractivity contribution in [1.82, 2.24) is 47.0 Å². The van der Waals surface area contributed by atoms with Gasteiger partial charge in [0.1, 0.15) is 30.3 Å². The van der Waals surface area contributed by atoms with E-state index in [2.05, 4.69) is 64.2 Å². The van der Waals surface area contributed by atoms with Gasteiger partial charge in [0.2, 0.25) is 17.7 Å². The Balaban J connectivity index is 0.000000296. The van der Waals surface area contributed by atoms with Crippen LogP contribution >= 0.6 is 12.4 Å². The van der Waals surface area contributed by atoms with Crippen LogP contribution in [0.5, 0.6) is 0 Å². The normalized spacial score (nSPS) is 28.2. The van der Waals surface area contributed by atoms with Crippen molar-refractivity contribution in [3.05, 3.63) is 25.3 Å². The fourth-order valence-electron chi connectivity index (χ4n) is 16.1. The number of likely N-dealkylation sites (tertiary alicyclic amines) is 2. The van der Waals surface area contributed by atoms with Gasteiger partial charge in [-0.05, 0) is 90.8 Å². The molecule has 0 radical (unpaired) electrons. The number of hydrogen-bond donors (Lipinski definition) is 11. The van der Waals surface area contributed by atoms with E-state index in [4.69, 9.17) is 5.73 Å². The van der Waals surface area contributed by atoms with Crippen molar-refractivity contribution in [2.45, 2.75) is 269 Å². The van der Waals surface area contributed by atoms with Gasteiger partial charge in [-0.3, -0.25) is 24.0 Å². The number of unbranched alkanes of at least 4 members (excludes halogenated alkanes) is 2. The van der Waals surface area contributed by atoms with E-state index in [1.54, 1.807) is 11.0 Å². The van der Waals surface area contributed by atoms with Gasteiger partial charge in [0.15, 0.2) is 25.8 Å². The number of nitrogens with zero attached hydrogens (tertiary/aromatic N) is 2. The van der Waals surface area contributed by atoms with Crippen LogP contribution in [0.2, 0.25) is 0 Å². The third-order valence-corrected chi connectivity index (χ3v) is 26.9. The number of sulfone groups is 2. The van der Waals surface area contributed by atoms with Gasteiger partial charge in [-0.15, -0.1) is 25.6 Å². The van der Waals surface area contributed by atoms with Crippen LogP contribution < -0.4 is 43.0 Å². The zero-order chi connectivity index (χ0) is 71.2. The van der Waals surface area contributed by atoms with Gasteiger partial charge < -0.3 is 68.1 Å². The molecule has 0 aromatic rings. The summed E-state index contributed by atoms with van der Waals surface area (Å²) < 4.78 is 50.3. The topological polar surface area (TPSA) is 382 Å². The van der Waals surface area contributed by atoms with Crippen molar-refractivity contribution in [3.8, 4) is 0 Å². The number of rotatable bonds is 25. The molecule has 14 atom stereocenters. The lowest BCUT2D eigenvalue weighted by Gasteiger charge is -2.47. The summed E-state index contributed by atoms with van der Waals surface area (Å²) in [7, 11) is -6.51. The van der Waals surface area contributed by atoms with Gasteiger partial charge in [-0.1, -0.05) is 159 Å². The minimum Gasteiger partial charge on any atom is -0.480 e. The molecule has 0 aromatic carbocycles. The monoisotopic (exact) mass is 1410 g/mol. The molecule has 0 spiro atoms. The predicted octanol–water partition coefficient (Wildman–Crippen LogP) is 5.16. The molecular weight excluding hydrogens is 1300 g/mol. The Hall–Kier alpha value is -5.09. The van der Waals surface area contributed by atoms with E-state index in [0.717, 1.165) is 57.8 Å². The zero-order valence-corrected chi connectivity index (χ0v) is 61.5. The molecule has 2 unspecified atom stereocenters. The average molecular weight is 1410 g/mol. The third kappa shape index (κ3) is 18.5. The number of carboxylic acids is 1. The fraction of sp³-hybridized carbons (Fsp3) is 0.824. The van der Waals surface area contributed by atoms with E-state index < -0.39 is 142 Å². The number of halogens is 1. The number of aliphatic hydroxyl groups excluding tert-OH is 2. The molecule has 28 heteroatoms. The first-order chi connectivity index (χ1) is 44.2. The number of nitrogens with one attached hydrogen (secondary N) is 7. The summed E-state index contributed by atoms with van der Waals surface area (Å²) in [6.07, 6.45) is 13.7. The highest BCUT2D eigenvalue weighted by Crippen LogP contribution is 2.66. The first kappa shape index (κ1) is 81.6. The molecule has 8 fully saturated rings. The van der Waals surface area contributed by atoms with E-state index in [1.165, 1.54) is 11.0 Å². The molecule has 4 saturated heterocycles. The number of amides is 9. The van der Waals surface area contributed by atoms with Crippen molar-refractivity contribution < 1.29 is 70.5 Å². The first-order valence-corrected chi connectivity index (χ1v) is 38.2. The second kappa shape index (κ2) is 32.5. The standard InChI is InChI=1S/C34H57N5O7S.C24H39N3O6S.C10H20N2O2.ClH/c1-8-10-14-22(26(40)29(42)35-18-9-2)36-28(41)25-24-21(33(24,6)7)20-39(25)30(43)27(32(3,4)5)37-31(44)38-34(16-12-11-13-17-34)23-15-19-47(23,45)46;1-22(2,3)18(19(28)27-13-14-16(23(14,4)5)17(27)20(29)30)25-21(31)26-24(10-7-6-8-11-24)15-9-12-34(15,32)33;1-3-5-6-8(11)9(13)10(14)12-7-4-2;/h9,21-27,40H,2,8,10-20H2,1,3-7H3,(H,35,42)(H,36,41)(H2,37,38,44);14-18H,6-13H2,1-5H3,(H,29,30)(H2,25,26,31);4,8-9,13H,2-3,5-7,11H2,1H3,(H,12,14);1H/t21-,22-,23-,24-,25-,26?,27+;14-,15-,16-,17-,18+;8-,9?;/m000./s1. The molecule has 548 valence electrons. The molecule has 0 aromatic heterocycles. The lowest BCUT2D eigenvalue weighted by molar-refractivity contribution is -0.152. The van der Waals surface area contributed by atoms with Crippen molar-refractivity contribution in [3.63, 3.8) is 0 Å². The molecule has 4 saturated carbocycles. The van der Waals surface area contributed by atoms with Crippen molar-refractivity contribution in [1.29, 1.82) is 0 Å². The number of piperidine rings is 2. The second-order valence-electron chi connectivity index (χ2n) is 31.7. The summed E-state index contributed by atoms with van der Waals surface area (Å²) in [6, 6.07) is -6.13. The molecule has 4 heterocycles. The number of aliphatic hydroxyl groups is 2. The summed E-state index contributed by atoms with van der Waals surface area (Å²) in [6.45, 7) is 31.5. The lowest BCUT2D eigenvalue weighted by Crippen LogP contribution is -2.67. The average Bonchev–Trinajstić information content (AvgIpc) is 1.52. The van der Waals surface area contributed by atoms with Gasteiger partial charge in [-0.25, -0.2) is 31.2 Å². The van der Waals surface area contributed by atoms with Crippen LogP contribution in [0.4, 0.5) is 9.59 Å². The summed E-state index contributed by atoms with van der Waals surface area (Å²) >= 11 is 0. The molecular formula is C68H117ClN10O15S2. The van der Waals surface area contributed by atoms with Gasteiger partial charge in [0, 0.05) is 38.1 Å². The van der Waals surface area contributed by atoms with E-state index in [-0.39, 0.29) is 70.9 Å². The van der Waals surface area contributed by atoms with Crippen LogP contribution in [0.15, 0.2) is 25.3 Å². The Morgan fingerprint density at radius 1 is 0.594 bits per heavy atom. The Bertz CT molecular complexity index is 3030. The molecule has 8 aliphatic rings. The Labute approximate surface area is 577 Å². The maximum absolute atomic E-state index is 14.4. The summed E-state index contributed by atoms with van der Waals surface area (Å²) in [5, 5.41) is 48.8. The van der Waals surface area contributed by atoms with E-state index >= 15 is 0 Å². The summed E-state index contributed by atoms with van der Waals surface area (Å²) in [5.74, 6) is -2.96. The highest BCUT2D eigenvalue weighted by molar-refractivity contribution is 7.93. The van der Waals surface area contributed by atoms with Crippen LogP contribution in [0, 0.1) is 45.3 Å². The number of hydrogen-bond acceptors (Lipinski definition) is 15.